The van der Waals surface area contributed by atoms with E-state index in [2.05, 4.69) is 10.4 Å². The first-order valence-electron chi connectivity index (χ1n) is 8.58. The van der Waals surface area contributed by atoms with Gasteiger partial charge in [0.2, 0.25) is 5.88 Å². The van der Waals surface area contributed by atoms with Crippen LogP contribution in [0.2, 0.25) is 0 Å². The maximum atomic E-state index is 13.9. The first-order chi connectivity index (χ1) is 13.6. The van der Waals surface area contributed by atoms with Gasteiger partial charge in [0.1, 0.15) is 11.6 Å². The van der Waals surface area contributed by atoms with Crippen LogP contribution in [0.4, 0.5) is 14.6 Å². The van der Waals surface area contributed by atoms with Gasteiger partial charge in [-0.05, 0) is 29.8 Å². The molecule has 2 aromatic carbocycles. The summed E-state index contributed by atoms with van der Waals surface area (Å²) in [5.41, 5.74) is 2.41. The van der Waals surface area contributed by atoms with Crippen molar-refractivity contribution in [1.29, 1.82) is 0 Å². The van der Waals surface area contributed by atoms with Crippen LogP contribution in [0.3, 0.4) is 0 Å². The molecule has 28 heavy (non-hydrogen) atoms. The van der Waals surface area contributed by atoms with Crippen molar-refractivity contribution in [3.8, 4) is 17.0 Å². The minimum Gasteiger partial charge on any atom is -0.481 e. The fourth-order valence-corrected chi connectivity index (χ4v) is 3.06. The third kappa shape index (κ3) is 3.27. The minimum absolute atomic E-state index is 0.116. The third-order valence-electron chi connectivity index (χ3n) is 4.44. The largest absolute Gasteiger partial charge is 0.481 e. The fraction of sp³-hybridized carbons (Fsp3) is 0.0952. The Kier molecular flexibility index (Phi) is 4.67. The molecule has 0 spiro atoms. The number of aliphatic hydroxyl groups excluding tert-OH is 1. The molecule has 1 atom stereocenters. The van der Waals surface area contributed by atoms with E-state index in [9.17, 15) is 13.9 Å². The Morgan fingerprint density at radius 3 is 2.50 bits per heavy atom. The summed E-state index contributed by atoms with van der Waals surface area (Å²) in [5, 5.41) is 17.6. The second-order valence-corrected chi connectivity index (χ2v) is 6.19. The lowest BCUT2D eigenvalue weighted by atomic mass is 10.1. The van der Waals surface area contributed by atoms with Crippen molar-refractivity contribution in [3.05, 3.63) is 83.9 Å². The molecule has 0 saturated carbocycles. The number of aliphatic hydroxyl groups is 1. The van der Waals surface area contributed by atoms with E-state index in [1.807, 2.05) is 6.07 Å². The molecule has 4 aromatic rings. The quantitative estimate of drug-likeness (QED) is 0.504. The second-order valence-electron chi connectivity index (χ2n) is 6.19. The normalized spacial score (nSPS) is 12.1. The molecular weight excluding hydrogens is 364 g/mol. The molecule has 0 amide bonds. The van der Waals surface area contributed by atoms with Crippen LogP contribution in [0.1, 0.15) is 11.8 Å². The molecule has 5 nitrogen and oxygen atoms in total. The van der Waals surface area contributed by atoms with Gasteiger partial charge in [0.15, 0.2) is 12.0 Å². The molecule has 2 aromatic heterocycles. The average Bonchev–Trinajstić information content (AvgIpc) is 3.11. The van der Waals surface area contributed by atoms with E-state index in [0.29, 0.717) is 17.2 Å². The van der Waals surface area contributed by atoms with E-state index in [0.717, 1.165) is 11.1 Å². The monoisotopic (exact) mass is 381 g/mol. The summed E-state index contributed by atoms with van der Waals surface area (Å²) >= 11 is 0. The molecule has 1 unspecified atom stereocenters. The number of nitrogens with zero attached hydrogens (tertiary/aromatic N) is 2. The average molecular weight is 381 g/mol. The first kappa shape index (κ1) is 17.9. The maximum absolute atomic E-state index is 13.9. The standard InChI is InChI=1S/C21H17F2N3O2/c1-28-20-11-10-15(13-6-8-14(22)9-7-13)18-12-19(25-26(18)20)24-21(27)16-4-2-3-5-17(16)23/h2-12,21,27H,1H3,(H,24,25). The first-order valence-corrected chi connectivity index (χ1v) is 8.58. The number of ether oxygens (including phenoxy) is 1. The summed E-state index contributed by atoms with van der Waals surface area (Å²) in [4.78, 5) is 0. The van der Waals surface area contributed by atoms with E-state index in [1.165, 1.54) is 31.4 Å². The van der Waals surface area contributed by atoms with Crippen molar-refractivity contribution in [2.45, 2.75) is 6.23 Å². The number of fused-ring (bicyclic) bond motifs is 1. The Balaban J connectivity index is 1.76. The summed E-state index contributed by atoms with van der Waals surface area (Å²) < 4.78 is 34.1. The predicted octanol–water partition coefficient (Wildman–Crippen LogP) is 4.39. The van der Waals surface area contributed by atoms with Gasteiger partial charge < -0.3 is 15.2 Å². The molecule has 0 saturated heterocycles. The molecule has 7 heteroatoms. The topological polar surface area (TPSA) is 58.8 Å². The van der Waals surface area contributed by atoms with Crippen molar-refractivity contribution in [2.24, 2.45) is 0 Å². The Labute approximate surface area is 159 Å². The molecule has 2 heterocycles. The van der Waals surface area contributed by atoms with Gasteiger partial charge in [-0.2, -0.15) is 4.52 Å². The molecule has 0 fully saturated rings. The zero-order chi connectivity index (χ0) is 19.7. The molecule has 2 N–H and O–H groups in total. The Bertz CT molecular complexity index is 1130. The summed E-state index contributed by atoms with van der Waals surface area (Å²) in [6.45, 7) is 0. The van der Waals surface area contributed by atoms with E-state index >= 15 is 0 Å². The van der Waals surface area contributed by atoms with Crippen LogP contribution in [-0.4, -0.2) is 21.8 Å². The highest BCUT2D eigenvalue weighted by molar-refractivity contribution is 5.82. The Morgan fingerprint density at radius 2 is 1.79 bits per heavy atom. The molecule has 0 radical (unpaired) electrons. The van der Waals surface area contributed by atoms with Crippen LogP contribution in [0.5, 0.6) is 5.88 Å². The Hall–Kier alpha value is -3.45. The van der Waals surface area contributed by atoms with E-state index in [1.54, 1.807) is 40.9 Å². The van der Waals surface area contributed by atoms with Crippen molar-refractivity contribution in [2.75, 3.05) is 12.4 Å². The number of aromatic nitrogens is 2. The van der Waals surface area contributed by atoms with Gasteiger partial charge in [0, 0.05) is 23.3 Å². The number of pyridine rings is 1. The highest BCUT2D eigenvalue weighted by Gasteiger charge is 2.16. The number of nitrogens with one attached hydrogen (secondary N) is 1. The molecule has 4 rings (SSSR count). The van der Waals surface area contributed by atoms with Crippen LogP contribution < -0.4 is 10.1 Å². The zero-order valence-corrected chi connectivity index (χ0v) is 14.9. The second kappa shape index (κ2) is 7.28. The molecule has 142 valence electrons. The van der Waals surface area contributed by atoms with Crippen molar-refractivity contribution in [1.82, 2.24) is 9.61 Å². The van der Waals surface area contributed by atoms with E-state index < -0.39 is 12.0 Å². The van der Waals surface area contributed by atoms with Crippen molar-refractivity contribution < 1.29 is 18.6 Å². The van der Waals surface area contributed by atoms with Crippen LogP contribution in [0.25, 0.3) is 16.6 Å². The number of halogens is 2. The molecule has 0 aliphatic rings. The highest BCUT2D eigenvalue weighted by Crippen LogP contribution is 2.31. The van der Waals surface area contributed by atoms with E-state index in [4.69, 9.17) is 4.74 Å². The number of methoxy groups -OCH3 is 1. The van der Waals surface area contributed by atoms with Gasteiger partial charge in [-0.3, -0.25) is 0 Å². The third-order valence-corrected chi connectivity index (χ3v) is 4.44. The maximum Gasteiger partial charge on any atom is 0.214 e. The van der Waals surface area contributed by atoms with Crippen LogP contribution >= 0.6 is 0 Å². The summed E-state index contributed by atoms with van der Waals surface area (Å²) in [5.74, 6) is -0.0223. The molecule has 0 aliphatic heterocycles. The summed E-state index contributed by atoms with van der Waals surface area (Å²) in [6.07, 6.45) is -1.27. The number of benzene rings is 2. The number of anilines is 1. The summed E-state index contributed by atoms with van der Waals surface area (Å²) in [7, 11) is 1.52. The van der Waals surface area contributed by atoms with Gasteiger partial charge in [0.25, 0.3) is 0 Å². The number of hydrogen-bond acceptors (Lipinski definition) is 4. The molecular formula is C21H17F2N3O2. The van der Waals surface area contributed by atoms with Crippen LogP contribution in [-0.2, 0) is 0 Å². The van der Waals surface area contributed by atoms with Gasteiger partial charge in [0.05, 0.1) is 12.6 Å². The molecule has 0 bridgehead atoms. The van der Waals surface area contributed by atoms with Crippen molar-refractivity contribution in [3.63, 3.8) is 0 Å². The van der Waals surface area contributed by atoms with Gasteiger partial charge >= 0.3 is 0 Å². The van der Waals surface area contributed by atoms with Crippen LogP contribution in [0.15, 0.2) is 66.7 Å². The lowest BCUT2D eigenvalue weighted by Gasteiger charge is -2.12. The zero-order valence-electron chi connectivity index (χ0n) is 14.9. The Morgan fingerprint density at radius 1 is 1.04 bits per heavy atom. The molecule has 0 aliphatic carbocycles. The van der Waals surface area contributed by atoms with Crippen molar-refractivity contribution >= 4 is 11.3 Å². The lowest BCUT2D eigenvalue weighted by Crippen LogP contribution is -2.11. The SMILES string of the molecule is COc1ccc(-c2ccc(F)cc2)c2cc(NC(O)c3ccccc3F)nn12. The van der Waals surface area contributed by atoms with Gasteiger partial charge in [-0.15, -0.1) is 5.10 Å². The van der Waals surface area contributed by atoms with Gasteiger partial charge in [-0.25, -0.2) is 8.78 Å². The smallest absolute Gasteiger partial charge is 0.214 e. The summed E-state index contributed by atoms with van der Waals surface area (Å²) in [6, 6.07) is 17.4. The lowest BCUT2D eigenvalue weighted by molar-refractivity contribution is 0.202. The van der Waals surface area contributed by atoms with Crippen LogP contribution in [0, 0.1) is 11.6 Å². The van der Waals surface area contributed by atoms with E-state index in [-0.39, 0.29) is 11.4 Å². The number of rotatable bonds is 5. The predicted molar refractivity (Wildman–Crippen MR) is 102 cm³/mol. The fourth-order valence-electron chi connectivity index (χ4n) is 3.06. The highest BCUT2D eigenvalue weighted by atomic mass is 19.1. The number of hydrogen-bond donors (Lipinski definition) is 2. The van der Waals surface area contributed by atoms with Gasteiger partial charge in [-0.1, -0.05) is 30.3 Å². The minimum atomic E-state index is -1.27.